The third kappa shape index (κ3) is 5.31. The number of carbonyl (C=O) groups is 1. The standard InChI is InChI=1S/C11H14F2N2O3S/c1-2-5-19(17,18)14-7-11(16)15-10-4-3-8(12)6-9(10)13/h3-4,6,14H,2,5,7H2,1H3,(H,15,16). The van der Waals surface area contributed by atoms with Crippen LogP contribution in [-0.2, 0) is 14.8 Å². The summed E-state index contributed by atoms with van der Waals surface area (Å²) in [7, 11) is -3.50. The Morgan fingerprint density at radius 1 is 1.32 bits per heavy atom. The van der Waals surface area contributed by atoms with E-state index in [1.54, 1.807) is 6.92 Å². The minimum absolute atomic E-state index is 0.0921. The third-order valence-electron chi connectivity index (χ3n) is 2.13. The summed E-state index contributed by atoms with van der Waals surface area (Å²) in [5.74, 6) is -2.51. The van der Waals surface area contributed by atoms with Crippen LogP contribution in [0.25, 0.3) is 0 Å². The molecular formula is C11H14F2N2O3S. The van der Waals surface area contributed by atoms with Gasteiger partial charge >= 0.3 is 0 Å². The number of carbonyl (C=O) groups excluding carboxylic acids is 1. The van der Waals surface area contributed by atoms with Crippen LogP contribution in [0.1, 0.15) is 13.3 Å². The summed E-state index contributed by atoms with van der Waals surface area (Å²) in [5.41, 5.74) is -0.207. The first-order valence-electron chi connectivity index (χ1n) is 5.56. The van der Waals surface area contributed by atoms with E-state index in [1.165, 1.54) is 0 Å². The van der Waals surface area contributed by atoms with Crippen LogP contribution in [0.5, 0.6) is 0 Å². The molecule has 1 amide bonds. The zero-order valence-electron chi connectivity index (χ0n) is 10.2. The molecular weight excluding hydrogens is 278 g/mol. The minimum atomic E-state index is -3.50. The van der Waals surface area contributed by atoms with Crippen molar-refractivity contribution < 1.29 is 22.0 Å². The highest BCUT2D eigenvalue weighted by Gasteiger charge is 2.12. The highest BCUT2D eigenvalue weighted by molar-refractivity contribution is 7.89. The molecule has 0 saturated heterocycles. The zero-order valence-corrected chi connectivity index (χ0v) is 11.1. The van der Waals surface area contributed by atoms with Gasteiger partial charge in [-0.1, -0.05) is 6.92 Å². The average molecular weight is 292 g/mol. The largest absolute Gasteiger partial charge is 0.322 e. The molecule has 1 rings (SSSR count). The molecule has 0 aromatic heterocycles. The van der Waals surface area contributed by atoms with E-state index < -0.39 is 34.1 Å². The topological polar surface area (TPSA) is 75.3 Å². The monoisotopic (exact) mass is 292 g/mol. The number of benzene rings is 1. The SMILES string of the molecule is CCCS(=O)(=O)NCC(=O)Nc1ccc(F)cc1F. The third-order valence-corrected chi connectivity index (χ3v) is 3.66. The Morgan fingerprint density at radius 3 is 2.58 bits per heavy atom. The van der Waals surface area contributed by atoms with Gasteiger partial charge in [-0.15, -0.1) is 0 Å². The van der Waals surface area contributed by atoms with E-state index in [4.69, 9.17) is 0 Å². The van der Waals surface area contributed by atoms with Gasteiger partial charge in [0.05, 0.1) is 18.0 Å². The van der Waals surface area contributed by atoms with Gasteiger partial charge in [-0.2, -0.15) is 0 Å². The molecule has 0 aliphatic carbocycles. The van der Waals surface area contributed by atoms with E-state index in [9.17, 15) is 22.0 Å². The Hall–Kier alpha value is -1.54. The number of nitrogens with one attached hydrogen (secondary N) is 2. The number of halogens is 2. The molecule has 8 heteroatoms. The van der Waals surface area contributed by atoms with Crippen molar-refractivity contribution in [2.24, 2.45) is 0 Å². The maximum absolute atomic E-state index is 13.2. The first-order valence-corrected chi connectivity index (χ1v) is 7.21. The van der Waals surface area contributed by atoms with Gasteiger partial charge in [-0.3, -0.25) is 4.79 Å². The summed E-state index contributed by atoms with van der Waals surface area (Å²) < 4.78 is 50.5. The van der Waals surface area contributed by atoms with Gasteiger partial charge < -0.3 is 5.32 Å². The molecule has 0 atom stereocenters. The molecule has 5 nitrogen and oxygen atoms in total. The molecule has 2 N–H and O–H groups in total. The predicted molar refractivity (Wildman–Crippen MR) is 67.1 cm³/mol. The molecule has 106 valence electrons. The fourth-order valence-corrected chi connectivity index (χ4v) is 2.33. The fraction of sp³-hybridized carbons (Fsp3) is 0.364. The van der Waals surface area contributed by atoms with Crippen molar-refractivity contribution in [3.8, 4) is 0 Å². The van der Waals surface area contributed by atoms with Gasteiger partial charge in [0.15, 0.2) is 0 Å². The quantitative estimate of drug-likeness (QED) is 0.828. The van der Waals surface area contributed by atoms with E-state index in [1.807, 2.05) is 0 Å². The molecule has 0 aliphatic heterocycles. The van der Waals surface area contributed by atoms with Crippen molar-refractivity contribution in [1.29, 1.82) is 0 Å². The van der Waals surface area contributed by atoms with E-state index in [0.717, 1.165) is 12.1 Å². The Kier molecular flexibility index (Phi) is 5.37. The van der Waals surface area contributed by atoms with Gasteiger partial charge in [-0.05, 0) is 18.6 Å². The number of amides is 1. The van der Waals surface area contributed by atoms with E-state index in [0.29, 0.717) is 12.5 Å². The lowest BCUT2D eigenvalue weighted by Crippen LogP contribution is -2.34. The Bertz CT molecular complexity index is 561. The lowest BCUT2D eigenvalue weighted by atomic mass is 10.3. The molecule has 0 fully saturated rings. The van der Waals surface area contributed by atoms with Crippen molar-refractivity contribution in [2.75, 3.05) is 17.6 Å². The molecule has 19 heavy (non-hydrogen) atoms. The molecule has 0 unspecified atom stereocenters. The molecule has 1 aromatic rings. The number of hydrogen-bond acceptors (Lipinski definition) is 3. The smallest absolute Gasteiger partial charge is 0.239 e. The first-order chi connectivity index (χ1) is 8.84. The van der Waals surface area contributed by atoms with Crippen molar-refractivity contribution in [3.63, 3.8) is 0 Å². The summed E-state index contributed by atoms with van der Waals surface area (Å²) in [6.07, 6.45) is 0.420. The van der Waals surface area contributed by atoms with Crippen LogP contribution in [0, 0.1) is 11.6 Å². The minimum Gasteiger partial charge on any atom is -0.322 e. The van der Waals surface area contributed by atoms with Crippen LogP contribution in [0.3, 0.4) is 0 Å². The number of rotatable bonds is 6. The number of sulfonamides is 1. The number of hydrogen-bond donors (Lipinski definition) is 2. The normalized spacial score (nSPS) is 11.3. The number of anilines is 1. The van der Waals surface area contributed by atoms with Gasteiger partial charge in [0.2, 0.25) is 15.9 Å². The maximum atomic E-state index is 13.2. The molecule has 0 radical (unpaired) electrons. The van der Waals surface area contributed by atoms with Crippen LogP contribution in [-0.4, -0.2) is 26.6 Å². The Morgan fingerprint density at radius 2 is 2.00 bits per heavy atom. The summed E-state index contributed by atoms with van der Waals surface area (Å²) in [6.45, 7) is 1.19. The van der Waals surface area contributed by atoms with Crippen molar-refractivity contribution in [1.82, 2.24) is 4.72 Å². The zero-order chi connectivity index (χ0) is 14.5. The fourth-order valence-electron chi connectivity index (χ4n) is 1.30. The van der Waals surface area contributed by atoms with Crippen molar-refractivity contribution in [2.45, 2.75) is 13.3 Å². The molecule has 0 bridgehead atoms. The van der Waals surface area contributed by atoms with E-state index in [-0.39, 0.29) is 11.4 Å². The summed E-state index contributed by atoms with van der Waals surface area (Å²) in [5, 5.41) is 2.14. The summed E-state index contributed by atoms with van der Waals surface area (Å²) in [4.78, 5) is 11.4. The van der Waals surface area contributed by atoms with Crippen LogP contribution in [0.15, 0.2) is 18.2 Å². The molecule has 0 aliphatic rings. The second-order valence-corrected chi connectivity index (χ2v) is 5.74. The predicted octanol–water partition coefficient (Wildman–Crippen LogP) is 1.23. The summed E-state index contributed by atoms with van der Waals surface area (Å²) in [6, 6.07) is 2.67. The molecule has 1 aromatic carbocycles. The van der Waals surface area contributed by atoms with Crippen molar-refractivity contribution in [3.05, 3.63) is 29.8 Å². The van der Waals surface area contributed by atoms with E-state index in [2.05, 4.69) is 10.0 Å². The van der Waals surface area contributed by atoms with Crippen LogP contribution in [0.4, 0.5) is 14.5 Å². The molecule has 0 saturated carbocycles. The highest BCUT2D eigenvalue weighted by atomic mass is 32.2. The van der Waals surface area contributed by atoms with E-state index >= 15 is 0 Å². The Balaban J connectivity index is 2.56. The van der Waals surface area contributed by atoms with Crippen LogP contribution in [0.2, 0.25) is 0 Å². The Labute approximate surface area is 110 Å². The second-order valence-electron chi connectivity index (χ2n) is 3.81. The van der Waals surface area contributed by atoms with Crippen LogP contribution < -0.4 is 10.0 Å². The lowest BCUT2D eigenvalue weighted by molar-refractivity contribution is -0.115. The first kappa shape index (κ1) is 15.5. The van der Waals surface area contributed by atoms with Gasteiger partial charge in [-0.25, -0.2) is 21.9 Å². The molecule has 0 heterocycles. The second kappa shape index (κ2) is 6.58. The van der Waals surface area contributed by atoms with Gasteiger partial charge in [0.1, 0.15) is 11.6 Å². The highest BCUT2D eigenvalue weighted by Crippen LogP contribution is 2.14. The lowest BCUT2D eigenvalue weighted by Gasteiger charge is -2.07. The van der Waals surface area contributed by atoms with Gasteiger partial charge in [0.25, 0.3) is 0 Å². The van der Waals surface area contributed by atoms with Gasteiger partial charge in [0, 0.05) is 6.07 Å². The molecule has 0 spiro atoms. The van der Waals surface area contributed by atoms with Crippen molar-refractivity contribution >= 4 is 21.6 Å². The summed E-state index contributed by atoms with van der Waals surface area (Å²) >= 11 is 0. The maximum Gasteiger partial charge on any atom is 0.239 e. The average Bonchev–Trinajstić information content (AvgIpc) is 2.30. The van der Waals surface area contributed by atoms with Crippen LogP contribution >= 0.6 is 0 Å².